The second-order valence-electron chi connectivity index (χ2n) is 3.19. The predicted molar refractivity (Wildman–Crippen MR) is 69.7 cm³/mol. The first-order valence-electron chi connectivity index (χ1n) is 4.77. The summed E-state index contributed by atoms with van der Waals surface area (Å²) in [6.45, 7) is 0. The first-order valence-corrected chi connectivity index (χ1v) is 7.63. The molecule has 0 fully saturated rings. The molecule has 2 aromatic carbocycles. The van der Waals surface area contributed by atoms with Gasteiger partial charge in [-0.3, -0.25) is 0 Å². The van der Waals surface area contributed by atoms with Gasteiger partial charge in [-0.05, 0) is 0 Å². The van der Waals surface area contributed by atoms with Gasteiger partial charge in [0, 0.05) is 0 Å². The van der Waals surface area contributed by atoms with E-state index in [0.717, 1.165) is 5.32 Å². The van der Waals surface area contributed by atoms with E-state index in [-0.39, 0.29) is 0 Å². The van der Waals surface area contributed by atoms with Crippen LogP contribution in [0.15, 0.2) is 59.1 Å². The molecule has 0 saturated heterocycles. The van der Waals surface area contributed by atoms with Crippen molar-refractivity contribution in [1.29, 1.82) is 0 Å². The number of hydrogen-bond acceptors (Lipinski definition) is 0. The Morgan fingerprint density at radius 2 is 1.53 bits per heavy atom. The van der Waals surface area contributed by atoms with Crippen LogP contribution in [0.5, 0.6) is 0 Å². The van der Waals surface area contributed by atoms with Crippen molar-refractivity contribution in [2.24, 2.45) is 0 Å². The Morgan fingerprint density at radius 1 is 0.867 bits per heavy atom. The van der Waals surface area contributed by atoms with Crippen molar-refractivity contribution in [3.05, 3.63) is 64.6 Å². The summed E-state index contributed by atoms with van der Waals surface area (Å²) in [5.41, 5.74) is 1.40. The van der Waals surface area contributed by atoms with Crippen LogP contribution in [-0.4, -0.2) is 15.0 Å². The number of rotatable bonds is 3. The van der Waals surface area contributed by atoms with Crippen molar-refractivity contribution >= 4 is 35.3 Å². The van der Waals surface area contributed by atoms with Crippen molar-refractivity contribution in [1.82, 2.24) is 0 Å². The first-order chi connectivity index (χ1) is 7.36. The number of halogens is 1. The Labute approximate surface area is 105 Å². The van der Waals surface area contributed by atoms with E-state index in [9.17, 15) is 0 Å². The molecule has 15 heavy (non-hydrogen) atoms. The fourth-order valence-corrected chi connectivity index (χ4v) is 4.07. The second kappa shape index (κ2) is 5.50. The second-order valence-corrected chi connectivity index (χ2v) is 6.25. The summed E-state index contributed by atoms with van der Waals surface area (Å²) in [6, 6.07) is 19.1. The summed E-state index contributed by atoms with van der Waals surface area (Å²) >= 11 is 4.11. The maximum atomic E-state index is 3.58. The zero-order valence-electron chi connectivity index (χ0n) is 8.19. The molecule has 2 aromatic rings. The van der Waals surface area contributed by atoms with Gasteiger partial charge in [0.2, 0.25) is 0 Å². The van der Waals surface area contributed by atoms with Crippen LogP contribution in [0, 0.1) is 0 Å². The van der Waals surface area contributed by atoms with Crippen molar-refractivity contribution in [2.75, 3.05) is 0 Å². The number of benzene rings is 2. The molecule has 0 aliphatic heterocycles. The summed E-state index contributed by atoms with van der Waals surface area (Å²) in [4.78, 5) is 0. The van der Waals surface area contributed by atoms with E-state index in [0.29, 0.717) is 15.0 Å². The molecule has 2 heteroatoms. The van der Waals surface area contributed by atoms with Gasteiger partial charge in [-0.15, -0.1) is 0 Å². The first kappa shape index (κ1) is 10.9. The molecule has 76 valence electrons. The SMILES string of the molecule is Brc1ccccc1C[Se]c1ccccc1. The average Bonchev–Trinajstić information content (AvgIpc) is 2.29. The molecule has 0 spiro atoms. The van der Waals surface area contributed by atoms with Crippen LogP contribution < -0.4 is 4.46 Å². The molecule has 0 aromatic heterocycles. The van der Waals surface area contributed by atoms with Crippen molar-refractivity contribution in [2.45, 2.75) is 5.32 Å². The van der Waals surface area contributed by atoms with E-state index in [1.807, 2.05) is 0 Å². The normalized spacial score (nSPS) is 10.2. The third kappa shape index (κ3) is 3.20. The van der Waals surface area contributed by atoms with Crippen molar-refractivity contribution < 1.29 is 0 Å². The van der Waals surface area contributed by atoms with Crippen LogP contribution in [-0.2, 0) is 5.32 Å². The van der Waals surface area contributed by atoms with Crippen LogP contribution in [0.25, 0.3) is 0 Å². The van der Waals surface area contributed by atoms with Crippen molar-refractivity contribution in [3.8, 4) is 0 Å². The zero-order chi connectivity index (χ0) is 10.5. The summed E-state index contributed by atoms with van der Waals surface area (Å²) < 4.78 is 2.68. The fraction of sp³-hybridized carbons (Fsp3) is 0.0769. The minimum absolute atomic E-state index is 0.533. The monoisotopic (exact) mass is 326 g/mol. The third-order valence-electron chi connectivity index (χ3n) is 2.10. The van der Waals surface area contributed by atoms with E-state index in [1.165, 1.54) is 14.5 Å². The molecule has 0 amide bonds. The summed E-state index contributed by atoms with van der Waals surface area (Å²) in [5.74, 6) is 0. The summed E-state index contributed by atoms with van der Waals surface area (Å²) in [5, 5.41) is 1.15. The quantitative estimate of drug-likeness (QED) is 0.761. The zero-order valence-corrected chi connectivity index (χ0v) is 11.5. The summed E-state index contributed by atoms with van der Waals surface area (Å²) in [7, 11) is 0. The Kier molecular flexibility index (Phi) is 4.01. The molecule has 0 N–H and O–H groups in total. The molecule has 0 aliphatic rings. The van der Waals surface area contributed by atoms with Gasteiger partial charge in [0.15, 0.2) is 0 Å². The standard InChI is InChI=1S/C13H11BrSe/c14-13-9-5-4-6-11(13)10-15-12-7-2-1-3-8-12/h1-9H,10H2. The van der Waals surface area contributed by atoms with Crippen molar-refractivity contribution in [3.63, 3.8) is 0 Å². The van der Waals surface area contributed by atoms with Gasteiger partial charge in [0.25, 0.3) is 0 Å². The van der Waals surface area contributed by atoms with E-state index in [2.05, 4.69) is 70.5 Å². The topological polar surface area (TPSA) is 0 Å². The summed E-state index contributed by atoms with van der Waals surface area (Å²) in [6.07, 6.45) is 0. The fourth-order valence-electron chi connectivity index (χ4n) is 1.29. The Bertz CT molecular complexity index is 426. The van der Waals surface area contributed by atoms with Gasteiger partial charge in [-0.1, -0.05) is 0 Å². The van der Waals surface area contributed by atoms with Gasteiger partial charge in [-0.25, -0.2) is 0 Å². The van der Waals surface area contributed by atoms with Gasteiger partial charge >= 0.3 is 105 Å². The molecule has 0 radical (unpaired) electrons. The Hall–Kier alpha value is -0.561. The van der Waals surface area contributed by atoms with E-state index < -0.39 is 0 Å². The molecule has 2 rings (SSSR count). The van der Waals surface area contributed by atoms with Gasteiger partial charge in [0.05, 0.1) is 0 Å². The molecule has 0 bridgehead atoms. The van der Waals surface area contributed by atoms with Gasteiger partial charge < -0.3 is 0 Å². The molecular formula is C13H11BrSe. The van der Waals surface area contributed by atoms with E-state index >= 15 is 0 Å². The minimum atomic E-state index is 0.533. The number of hydrogen-bond donors (Lipinski definition) is 0. The Balaban J connectivity index is 2.03. The average molecular weight is 326 g/mol. The van der Waals surface area contributed by atoms with Crippen LogP contribution in [0.2, 0.25) is 0 Å². The third-order valence-corrected chi connectivity index (χ3v) is 5.09. The molecule has 0 aliphatic carbocycles. The van der Waals surface area contributed by atoms with Gasteiger partial charge in [-0.2, -0.15) is 0 Å². The molecule has 0 nitrogen and oxygen atoms in total. The molecular weight excluding hydrogens is 315 g/mol. The molecule has 0 unspecified atom stereocenters. The van der Waals surface area contributed by atoms with Gasteiger partial charge in [0.1, 0.15) is 0 Å². The van der Waals surface area contributed by atoms with Crippen LogP contribution in [0.1, 0.15) is 5.56 Å². The van der Waals surface area contributed by atoms with E-state index in [4.69, 9.17) is 0 Å². The predicted octanol–water partition coefficient (Wildman–Crippen LogP) is 2.98. The van der Waals surface area contributed by atoms with Crippen LogP contribution >= 0.6 is 15.9 Å². The molecule has 0 saturated carbocycles. The van der Waals surface area contributed by atoms with E-state index in [1.54, 1.807) is 0 Å². The Morgan fingerprint density at radius 3 is 2.27 bits per heavy atom. The van der Waals surface area contributed by atoms with Crippen LogP contribution in [0.4, 0.5) is 0 Å². The molecule has 0 heterocycles. The molecule has 0 atom stereocenters. The van der Waals surface area contributed by atoms with Crippen LogP contribution in [0.3, 0.4) is 0 Å². The maximum absolute atomic E-state index is 3.58.